The topological polar surface area (TPSA) is 125 Å². The van der Waals surface area contributed by atoms with Crippen LogP contribution in [0, 0.1) is 11.8 Å². The Bertz CT molecular complexity index is 683. The molecule has 1 aromatic heterocycles. The van der Waals surface area contributed by atoms with Crippen LogP contribution in [-0.2, 0) is 4.74 Å². The summed E-state index contributed by atoms with van der Waals surface area (Å²) < 4.78 is 6.54. The van der Waals surface area contributed by atoms with Crippen molar-refractivity contribution in [2.24, 2.45) is 0 Å². The molecule has 1 unspecified atom stereocenters. The average molecular weight is 310 g/mol. The van der Waals surface area contributed by atoms with Gasteiger partial charge in [0.1, 0.15) is 17.9 Å². The minimum absolute atomic E-state index is 0.0148. The summed E-state index contributed by atoms with van der Waals surface area (Å²) in [4.78, 5) is 25.7. The van der Waals surface area contributed by atoms with Crippen molar-refractivity contribution < 1.29 is 20.1 Å². The number of nitrogens with zero attached hydrogens (tertiary/aromatic N) is 1. The van der Waals surface area contributed by atoms with Crippen molar-refractivity contribution in [2.75, 3.05) is 13.2 Å². The van der Waals surface area contributed by atoms with Crippen LogP contribution < -0.4 is 11.2 Å². The van der Waals surface area contributed by atoms with E-state index in [0.717, 1.165) is 4.57 Å². The van der Waals surface area contributed by atoms with Gasteiger partial charge in [-0.05, 0) is 6.42 Å². The van der Waals surface area contributed by atoms with Crippen LogP contribution in [0.15, 0.2) is 15.8 Å². The number of nitrogens with one attached hydrogen (secondary N) is 1. The van der Waals surface area contributed by atoms with Crippen molar-refractivity contribution in [3.05, 3.63) is 32.6 Å². The highest BCUT2D eigenvalue weighted by molar-refractivity contribution is 5.29. The number of ether oxygens (including phenoxy) is 1. The molecule has 0 aliphatic carbocycles. The van der Waals surface area contributed by atoms with E-state index in [1.54, 1.807) is 0 Å². The molecule has 1 aliphatic heterocycles. The zero-order valence-corrected chi connectivity index (χ0v) is 11.9. The maximum Gasteiger partial charge on any atom is 0.330 e. The summed E-state index contributed by atoms with van der Waals surface area (Å²) in [5.74, 6) is 5.38. The summed E-state index contributed by atoms with van der Waals surface area (Å²) in [5.41, 5.74) is -1.17. The molecule has 120 valence electrons. The lowest BCUT2D eigenvalue weighted by Gasteiger charge is -2.14. The smallest absolute Gasteiger partial charge is 0.330 e. The molecule has 8 nitrogen and oxygen atoms in total. The zero-order valence-electron chi connectivity index (χ0n) is 11.9. The van der Waals surface area contributed by atoms with Gasteiger partial charge in [0.25, 0.3) is 5.56 Å². The molecule has 1 aliphatic rings. The van der Waals surface area contributed by atoms with Crippen molar-refractivity contribution in [3.8, 4) is 11.8 Å². The minimum Gasteiger partial charge on any atom is -0.396 e. The quantitative estimate of drug-likeness (QED) is 0.388. The number of aromatic amines is 1. The van der Waals surface area contributed by atoms with Crippen LogP contribution in [-0.4, -0.2) is 50.3 Å². The molecule has 2 rings (SSSR count). The second kappa shape index (κ2) is 7.38. The van der Waals surface area contributed by atoms with Crippen molar-refractivity contribution in [3.63, 3.8) is 0 Å². The number of hydrogen-bond acceptors (Lipinski definition) is 6. The van der Waals surface area contributed by atoms with E-state index < -0.39 is 29.7 Å². The first kappa shape index (κ1) is 16.5. The first-order valence-corrected chi connectivity index (χ1v) is 6.96. The fourth-order valence-corrected chi connectivity index (χ4v) is 2.16. The zero-order chi connectivity index (χ0) is 16.1. The van der Waals surface area contributed by atoms with Gasteiger partial charge in [0.2, 0.25) is 0 Å². The molecular weight excluding hydrogens is 292 g/mol. The molecule has 8 heteroatoms. The second-order valence-electron chi connectivity index (χ2n) is 4.95. The van der Waals surface area contributed by atoms with E-state index in [1.807, 2.05) is 0 Å². The molecule has 0 radical (unpaired) electrons. The fraction of sp³-hybridized carbons (Fsp3) is 0.571. The first-order valence-electron chi connectivity index (χ1n) is 6.96. The highest BCUT2D eigenvalue weighted by atomic mass is 16.5. The third-order valence-corrected chi connectivity index (χ3v) is 3.35. The number of aliphatic hydroxyl groups excluding tert-OH is 3. The van der Waals surface area contributed by atoms with Gasteiger partial charge < -0.3 is 20.1 Å². The Kier molecular flexibility index (Phi) is 5.51. The molecule has 4 N–H and O–H groups in total. The molecular formula is C14H18N2O6. The Morgan fingerprint density at radius 1 is 1.41 bits per heavy atom. The summed E-state index contributed by atoms with van der Waals surface area (Å²) in [7, 11) is 0. The van der Waals surface area contributed by atoms with Crippen molar-refractivity contribution in [1.82, 2.24) is 9.55 Å². The van der Waals surface area contributed by atoms with E-state index in [0.29, 0.717) is 12.8 Å². The fourth-order valence-electron chi connectivity index (χ4n) is 2.16. The van der Waals surface area contributed by atoms with Gasteiger partial charge in [0.15, 0.2) is 0 Å². The average Bonchev–Trinajstić information content (AvgIpc) is 2.86. The lowest BCUT2D eigenvalue weighted by molar-refractivity contribution is -0.0459. The van der Waals surface area contributed by atoms with E-state index in [-0.39, 0.29) is 25.2 Å². The normalized spacial score (nSPS) is 24.0. The maximum absolute atomic E-state index is 11.9. The number of hydrogen-bond donors (Lipinski definition) is 4. The SMILES string of the molecule is O=c1[nH]c(=O)n([C@@H]2CC(O)[C@H](CO)O2)cc1C#CCCCO. The highest BCUT2D eigenvalue weighted by Gasteiger charge is 2.35. The predicted octanol–water partition coefficient (Wildman–Crippen LogP) is -1.70. The van der Waals surface area contributed by atoms with Gasteiger partial charge in [-0.15, -0.1) is 0 Å². The van der Waals surface area contributed by atoms with Crippen LogP contribution in [0.5, 0.6) is 0 Å². The first-order chi connectivity index (χ1) is 10.6. The minimum atomic E-state index is -0.882. The second-order valence-corrected chi connectivity index (χ2v) is 4.95. The van der Waals surface area contributed by atoms with Crippen LogP contribution >= 0.6 is 0 Å². The van der Waals surface area contributed by atoms with E-state index in [4.69, 9.17) is 14.9 Å². The summed E-state index contributed by atoms with van der Waals surface area (Å²) in [6.45, 7) is -0.343. The lowest BCUT2D eigenvalue weighted by atomic mass is 10.2. The molecule has 0 aromatic carbocycles. The maximum atomic E-state index is 11.9. The number of H-pyrrole nitrogens is 1. The van der Waals surface area contributed by atoms with Gasteiger partial charge in [-0.1, -0.05) is 11.8 Å². The summed E-state index contributed by atoms with van der Waals surface area (Å²) in [6, 6.07) is 0. The Hall–Kier alpha value is -1.92. The van der Waals surface area contributed by atoms with E-state index in [9.17, 15) is 14.7 Å². The third kappa shape index (κ3) is 3.64. The van der Waals surface area contributed by atoms with Gasteiger partial charge in [-0.2, -0.15) is 0 Å². The molecule has 0 amide bonds. The van der Waals surface area contributed by atoms with Crippen LogP contribution in [0.3, 0.4) is 0 Å². The van der Waals surface area contributed by atoms with Gasteiger partial charge in [-0.25, -0.2) is 4.79 Å². The van der Waals surface area contributed by atoms with Crippen LogP contribution in [0.4, 0.5) is 0 Å². The van der Waals surface area contributed by atoms with E-state index >= 15 is 0 Å². The molecule has 3 atom stereocenters. The molecule has 2 heterocycles. The molecule has 0 spiro atoms. The Morgan fingerprint density at radius 3 is 2.82 bits per heavy atom. The Morgan fingerprint density at radius 2 is 2.18 bits per heavy atom. The predicted molar refractivity (Wildman–Crippen MR) is 76.1 cm³/mol. The molecule has 1 saturated heterocycles. The van der Waals surface area contributed by atoms with E-state index in [1.165, 1.54) is 6.20 Å². The third-order valence-electron chi connectivity index (χ3n) is 3.35. The van der Waals surface area contributed by atoms with Crippen LogP contribution in [0.1, 0.15) is 31.1 Å². The molecule has 22 heavy (non-hydrogen) atoms. The summed E-state index contributed by atoms with van der Waals surface area (Å²) in [5, 5.41) is 27.4. The molecule has 0 bridgehead atoms. The largest absolute Gasteiger partial charge is 0.396 e. The number of aliphatic hydroxyl groups is 3. The summed E-state index contributed by atoms with van der Waals surface area (Å²) in [6.07, 6.45) is -0.0648. The van der Waals surface area contributed by atoms with Gasteiger partial charge in [0, 0.05) is 25.6 Å². The number of aromatic nitrogens is 2. The van der Waals surface area contributed by atoms with Gasteiger partial charge in [0.05, 0.1) is 12.7 Å². The number of rotatable bonds is 4. The molecule has 1 aromatic rings. The lowest BCUT2D eigenvalue weighted by Crippen LogP contribution is -2.33. The van der Waals surface area contributed by atoms with Crippen LogP contribution in [0.25, 0.3) is 0 Å². The van der Waals surface area contributed by atoms with Crippen molar-refractivity contribution in [1.29, 1.82) is 0 Å². The molecule has 1 fully saturated rings. The number of unbranched alkanes of at least 4 members (excludes halogenated alkanes) is 1. The van der Waals surface area contributed by atoms with Crippen molar-refractivity contribution in [2.45, 2.75) is 37.7 Å². The Balaban J connectivity index is 2.27. The Labute approximate surface area is 126 Å². The summed E-state index contributed by atoms with van der Waals surface area (Å²) >= 11 is 0. The standard InChI is InChI=1S/C14H18N2O6/c17-5-3-1-2-4-9-7-16(14(21)15-13(9)20)12-6-10(19)11(8-18)22-12/h7,10-12,17-19H,1,3,5-6,8H2,(H,15,20,21)/t10?,11-,12-/m0/s1. The van der Waals surface area contributed by atoms with Crippen LogP contribution in [0.2, 0.25) is 0 Å². The van der Waals surface area contributed by atoms with Crippen molar-refractivity contribution >= 4 is 0 Å². The van der Waals surface area contributed by atoms with Gasteiger partial charge in [-0.3, -0.25) is 14.3 Å². The monoisotopic (exact) mass is 310 g/mol. The molecule has 0 saturated carbocycles. The van der Waals surface area contributed by atoms with Gasteiger partial charge >= 0.3 is 5.69 Å². The van der Waals surface area contributed by atoms with E-state index in [2.05, 4.69) is 16.8 Å². The highest BCUT2D eigenvalue weighted by Crippen LogP contribution is 2.27.